The quantitative estimate of drug-likeness (QED) is 0.178. The summed E-state index contributed by atoms with van der Waals surface area (Å²) < 4.78 is 7.64. The highest BCUT2D eigenvalue weighted by atomic mass is 35.5. The van der Waals surface area contributed by atoms with Gasteiger partial charge in [0.05, 0.1) is 24.5 Å². The Balaban J connectivity index is 2.22. The van der Waals surface area contributed by atoms with Crippen LogP contribution in [0.1, 0.15) is 51.0 Å². The van der Waals surface area contributed by atoms with E-state index in [0.717, 1.165) is 19.3 Å². The number of hydrogen-bond acceptors (Lipinski definition) is 5. The number of unbranched alkanes of at least 4 members (excludes halogenated alkanes) is 5. The topological polar surface area (TPSA) is 79.4 Å². The molecule has 7 nitrogen and oxygen atoms in total. The van der Waals surface area contributed by atoms with Crippen LogP contribution in [0.2, 0.25) is 10.0 Å². The molecule has 28 heavy (non-hydrogen) atoms. The summed E-state index contributed by atoms with van der Waals surface area (Å²) in [5.41, 5.74) is 0.343. The number of rotatable bonds is 13. The van der Waals surface area contributed by atoms with E-state index in [0.29, 0.717) is 17.2 Å². The van der Waals surface area contributed by atoms with Crippen molar-refractivity contribution in [3.63, 3.8) is 0 Å². The fourth-order valence-corrected chi connectivity index (χ4v) is 3.52. The molecule has 0 radical (unpaired) electrons. The highest BCUT2D eigenvalue weighted by molar-refractivity contribution is 6.35. The van der Waals surface area contributed by atoms with E-state index in [-0.39, 0.29) is 11.6 Å². The van der Waals surface area contributed by atoms with Gasteiger partial charge < -0.3 is 9.30 Å². The van der Waals surface area contributed by atoms with Crippen LogP contribution in [0, 0.1) is 10.1 Å². The summed E-state index contributed by atoms with van der Waals surface area (Å²) in [6.45, 7) is 2.48. The van der Waals surface area contributed by atoms with Crippen LogP contribution in [0.3, 0.4) is 0 Å². The molecule has 1 heterocycles. The van der Waals surface area contributed by atoms with Gasteiger partial charge in [-0.1, -0.05) is 68.3 Å². The zero-order valence-corrected chi connectivity index (χ0v) is 17.4. The predicted octanol–water partition coefficient (Wildman–Crippen LogP) is 5.63. The number of halogens is 2. The van der Waals surface area contributed by atoms with Gasteiger partial charge in [-0.25, -0.2) is 4.98 Å². The SMILES string of the molecule is CCCCCCCCOC(Cn1ccnc1)(O[N+](=O)[O-])c1ccc(Cl)cc1Cl. The summed E-state index contributed by atoms with van der Waals surface area (Å²) in [6, 6.07) is 4.70. The van der Waals surface area contributed by atoms with Crippen molar-refractivity contribution in [3.05, 3.63) is 62.6 Å². The van der Waals surface area contributed by atoms with Crippen molar-refractivity contribution < 1.29 is 14.7 Å². The molecule has 1 aromatic heterocycles. The third-order valence-corrected chi connectivity index (χ3v) is 4.89. The number of benzene rings is 1. The van der Waals surface area contributed by atoms with Gasteiger partial charge in [0.1, 0.15) is 0 Å². The molecule has 0 aliphatic rings. The molecule has 2 aromatic rings. The molecule has 9 heteroatoms. The van der Waals surface area contributed by atoms with E-state index in [9.17, 15) is 10.1 Å². The van der Waals surface area contributed by atoms with Crippen molar-refractivity contribution in [2.24, 2.45) is 0 Å². The van der Waals surface area contributed by atoms with E-state index in [1.165, 1.54) is 31.7 Å². The third-order valence-electron chi connectivity index (χ3n) is 4.35. The van der Waals surface area contributed by atoms with E-state index in [1.807, 2.05) is 0 Å². The summed E-state index contributed by atoms with van der Waals surface area (Å²) in [4.78, 5) is 20.4. The number of nitrogens with zero attached hydrogens (tertiary/aromatic N) is 3. The Morgan fingerprint density at radius 1 is 1.21 bits per heavy atom. The lowest BCUT2D eigenvalue weighted by atomic mass is 10.0. The van der Waals surface area contributed by atoms with Gasteiger partial charge in [-0.2, -0.15) is 0 Å². The van der Waals surface area contributed by atoms with Crippen molar-refractivity contribution >= 4 is 23.2 Å². The van der Waals surface area contributed by atoms with Crippen molar-refractivity contribution in [1.82, 2.24) is 9.55 Å². The average molecular weight is 430 g/mol. The number of imidazole rings is 1. The Kier molecular flexibility index (Phi) is 9.02. The monoisotopic (exact) mass is 429 g/mol. The lowest BCUT2D eigenvalue weighted by molar-refractivity contribution is -0.802. The second kappa shape index (κ2) is 11.2. The molecule has 0 bridgehead atoms. The van der Waals surface area contributed by atoms with Crippen molar-refractivity contribution in [1.29, 1.82) is 0 Å². The van der Waals surface area contributed by atoms with E-state index in [1.54, 1.807) is 29.1 Å². The van der Waals surface area contributed by atoms with Gasteiger partial charge in [-0.3, -0.25) is 4.84 Å². The lowest BCUT2D eigenvalue weighted by Gasteiger charge is -2.32. The molecule has 0 amide bonds. The van der Waals surface area contributed by atoms with Gasteiger partial charge >= 0.3 is 0 Å². The Hall–Kier alpha value is -1.83. The Morgan fingerprint density at radius 2 is 1.96 bits per heavy atom. The van der Waals surface area contributed by atoms with Crippen molar-refractivity contribution in [2.75, 3.05) is 6.61 Å². The Morgan fingerprint density at radius 3 is 2.61 bits per heavy atom. The summed E-state index contributed by atoms with van der Waals surface area (Å²) >= 11 is 12.3. The first-order valence-corrected chi connectivity index (χ1v) is 10.1. The van der Waals surface area contributed by atoms with Crippen LogP contribution in [0.25, 0.3) is 0 Å². The lowest BCUT2D eigenvalue weighted by Crippen LogP contribution is -2.40. The van der Waals surface area contributed by atoms with E-state index < -0.39 is 10.9 Å². The summed E-state index contributed by atoms with van der Waals surface area (Å²) in [6.07, 6.45) is 11.2. The fraction of sp³-hybridized carbons (Fsp3) is 0.526. The molecular weight excluding hydrogens is 405 g/mol. The number of ether oxygens (including phenoxy) is 1. The molecule has 1 aromatic carbocycles. The molecule has 0 spiro atoms. The van der Waals surface area contributed by atoms with Crippen LogP contribution in [0.4, 0.5) is 0 Å². The molecule has 154 valence electrons. The van der Waals surface area contributed by atoms with Crippen LogP contribution < -0.4 is 0 Å². The average Bonchev–Trinajstić information content (AvgIpc) is 3.13. The zero-order valence-electron chi connectivity index (χ0n) is 15.9. The standard InChI is InChI=1S/C19H25Cl2N3O4/c1-2-3-4-5-6-7-12-27-19(28-24(25)26,14-23-11-10-22-15-23)17-9-8-16(20)13-18(17)21/h8-11,13,15H,2-7,12,14H2,1H3. The largest absolute Gasteiger partial charge is 0.345 e. The van der Waals surface area contributed by atoms with Gasteiger partial charge in [0, 0.05) is 23.0 Å². The summed E-state index contributed by atoms with van der Waals surface area (Å²) in [7, 11) is 0. The normalized spacial score (nSPS) is 13.2. The van der Waals surface area contributed by atoms with Crippen LogP contribution in [-0.4, -0.2) is 21.2 Å². The smallest absolute Gasteiger partial charge is 0.297 e. The summed E-state index contributed by atoms with van der Waals surface area (Å²) in [5, 5.41) is 11.1. The molecule has 0 saturated carbocycles. The molecular formula is C19H25Cl2N3O4. The highest BCUT2D eigenvalue weighted by Gasteiger charge is 2.40. The zero-order chi connectivity index (χ0) is 20.4. The maximum absolute atomic E-state index is 11.3. The van der Waals surface area contributed by atoms with Gasteiger partial charge in [-0.05, 0) is 18.6 Å². The molecule has 0 fully saturated rings. The minimum atomic E-state index is -1.70. The van der Waals surface area contributed by atoms with Gasteiger partial charge in [0.25, 0.3) is 10.9 Å². The predicted molar refractivity (Wildman–Crippen MR) is 108 cm³/mol. The second-order valence-electron chi connectivity index (χ2n) is 6.54. The first-order chi connectivity index (χ1) is 13.5. The van der Waals surface area contributed by atoms with Crippen LogP contribution >= 0.6 is 23.2 Å². The minimum Gasteiger partial charge on any atom is -0.345 e. The van der Waals surface area contributed by atoms with Crippen molar-refractivity contribution in [3.8, 4) is 0 Å². The maximum Gasteiger partial charge on any atom is 0.297 e. The van der Waals surface area contributed by atoms with Crippen LogP contribution in [0.5, 0.6) is 0 Å². The highest BCUT2D eigenvalue weighted by Crippen LogP contribution is 2.36. The molecule has 0 saturated heterocycles. The number of hydrogen-bond donors (Lipinski definition) is 0. The fourth-order valence-electron chi connectivity index (χ4n) is 2.97. The minimum absolute atomic E-state index is 0.0190. The molecule has 1 unspecified atom stereocenters. The van der Waals surface area contributed by atoms with Gasteiger partial charge in [-0.15, -0.1) is 10.1 Å². The first kappa shape index (κ1) is 22.5. The molecule has 0 aliphatic carbocycles. The van der Waals surface area contributed by atoms with E-state index >= 15 is 0 Å². The van der Waals surface area contributed by atoms with Crippen LogP contribution in [-0.2, 0) is 21.9 Å². The van der Waals surface area contributed by atoms with E-state index in [2.05, 4.69) is 11.9 Å². The Bertz CT molecular complexity index is 743. The Labute approximate surface area is 174 Å². The van der Waals surface area contributed by atoms with Crippen molar-refractivity contribution in [2.45, 2.75) is 57.8 Å². The number of aromatic nitrogens is 2. The molecule has 2 rings (SSSR count). The first-order valence-electron chi connectivity index (χ1n) is 9.35. The third kappa shape index (κ3) is 6.65. The summed E-state index contributed by atoms with van der Waals surface area (Å²) in [5.74, 6) is -1.70. The maximum atomic E-state index is 11.3. The van der Waals surface area contributed by atoms with Gasteiger partial charge in [0.2, 0.25) is 0 Å². The van der Waals surface area contributed by atoms with Crippen LogP contribution in [0.15, 0.2) is 36.9 Å². The second-order valence-corrected chi connectivity index (χ2v) is 7.39. The molecule has 1 atom stereocenters. The van der Waals surface area contributed by atoms with Gasteiger partial charge in [0.15, 0.2) is 0 Å². The molecule has 0 aliphatic heterocycles. The van der Waals surface area contributed by atoms with E-state index in [4.69, 9.17) is 32.8 Å². The molecule has 0 N–H and O–H groups in total.